The number of nitrogens with two attached hydrogens (primary N) is 1. The number of esters is 1. The summed E-state index contributed by atoms with van der Waals surface area (Å²) in [5, 5.41) is 50.2. The molecule has 6 fully saturated rings. The zero-order valence-electron chi connectivity index (χ0n) is 66.1. The van der Waals surface area contributed by atoms with Crippen LogP contribution in [0.4, 0.5) is 22.8 Å². The van der Waals surface area contributed by atoms with Gasteiger partial charge >= 0.3 is 31.6 Å². The average molecular weight is 1660 g/mol. The standard InChI is InChI=1S/C49H54F2N8O6.C22H29FN3O9P.C8H12N4O5/c1-24(2)39(56-46(62)64-5)44(60)58-23-48(15-16-48)21-38(58)42-52-22-37(55-42)28-9-13-32-31-12-8-26(18-33(31)49(50,51)34(32)19-28)27-10-14-35-36(20-27)54-43(53-35)41-29-7-11-30(17-29)59(41)45(61)40(25(3)4)57-47(63)65-6;1-13(2)33-19(29)14(3)25-36(31,35-15-8-6-5-7-9-15)32-12-16-18(28)22(4,23)20(34-16)26-11-10-17(27)24-21(26)30;9-6(16)7-10-2-12(11-7)8-5(15)4(14)3(1-13)17-8/h8-10,12-14,18-20,22,24-25,29-30,38-41H,7,11,15-17,21,23H2,1-6H3,(H,52,55)(H,53,54)(H,56,62)(H,57,63);5-11,13-14,16,18,20,28H,12H2,1-4H3,(H,25,31)(H,24,27,30);2-5,8,13-15H,1H2,(H2,9,16)/t29-,30+,38-,39-,40-,41-;14-,16+,18+,20+,22+,36-;3-,4-,5-,8-/m001/s1. The smallest absolute Gasteiger partial charge is 0.459 e. The van der Waals surface area contributed by atoms with Crippen LogP contribution in [0.2, 0.25) is 0 Å². The molecule has 7 aliphatic rings. The fraction of sp³-hybridized carbons (Fsp3) is 0.494. The van der Waals surface area contributed by atoms with E-state index in [1.165, 1.54) is 39.3 Å². The van der Waals surface area contributed by atoms with E-state index in [1.807, 2.05) is 67.9 Å². The van der Waals surface area contributed by atoms with Crippen LogP contribution in [0.25, 0.3) is 44.5 Å². The molecular weight excluding hydrogens is 1570 g/mol. The van der Waals surface area contributed by atoms with Crippen molar-refractivity contribution >= 4 is 54.7 Å². The molecule has 12 N–H and O–H groups in total. The Balaban J connectivity index is 0.000000189. The Morgan fingerprint density at radius 2 is 1.41 bits per heavy atom. The first-order valence-electron chi connectivity index (χ1n) is 38.6. The van der Waals surface area contributed by atoms with E-state index in [0.29, 0.717) is 51.7 Å². The quantitative estimate of drug-likeness (QED) is 0.0170. The second-order valence-corrected chi connectivity index (χ2v) is 33.5. The number of methoxy groups -OCH3 is 2. The van der Waals surface area contributed by atoms with E-state index in [4.69, 9.17) is 53.5 Å². The van der Waals surface area contributed by atoms with Crippen LogP contribution in [0.3, 0.4) is 0 Å². The van der Waals surface area contributed by atoms with Crippen LogP contribution >= 0.6 is 7.75 Å². The topological polar surface area (TPSA) is 477 Å². The fourth-order valence-electron chi connectivity index (χ4n) is 16.1. The third-order valence-corrected chi connectivity index (χ3v) is 24.1. The number of amides is 5. The summed E-state index contributed by atoms with van der Waals surface area (Å²) in [6, 6.07) is 21.7. The summed E-state index contributed by atoms with van der Waals surface area (Å²) in [6.45, 7) is 12.7. The highest BCUT2D eigenvalue weighted by Gasteiger charge is 2.58. The van der Waals surface area contributed by atoms with E-state index in [1.54, 1.807) is 61.3 Å². The molecule has 8 aromatic rings. The van der Waals surface area contributed by atoms with E-state index in [9.17, 15) is 58.2 Å². The highest BCUT2D eigenvalue weighted by Crippen LogP contribution is 2.59. The number of likely N-dealkylation sites (tertiary alicyclic amines) is 2. The van der Waals surface area contributed by atoms with Crippen molar-refractivity contribution in [1.82, 2.24) is 69.8 Å². The number of alkyl carbamates (subject to hydrolysis) is 2. The maximum atomic E-state index is 16.7. The Kier molecular flexibility index (Phi) is 24.5. The number of nitrogens with one attached hydrogen (secondary N) is 6. The number of carbonyl (C=O) groups is 6. The number of aromatic amines is 3. The molecule has 39 heteroatoms. The second-order valence-electron chi connectivity index (χ2n) is 31.8. The number of aliphatic hydroxyl groups excluding tert-OH is 4. The highest BCUT2D eigenvalue weighted by atomic mass is 31.2. The molecule has 4 aliphatic heterocycles. The lowest BCUT2D eigenvalue weighted by molar-refractivity contribution is -0.149. The first kappa shape index (κ1) is 85.2. The van der Waals surface area contributed by atoms with Gasteiger partial charge in [0, 0.05) is 41.5 Å². The number of H-pyrrole nitrogens is 3. The zero-order valence-corrected chi connectivity index (χ0v) is 67.0. The minimum atomic E-state index is -4.30. The molecule has 0 unspecified atom stereocenters. The number of primary amides is 1. The molecule has 4 aromatic carbocycles. The van der Waals surface area contributed by atoms with Crippen molar-refractivity contribution in [2.24, 2.45) is 28.9 Å². The number of hydrogen-bond donors (Lipinski definition) is 11. The van der Waals surface area contributed by atoms with Crippen molar-refractivity contribution in [3.05, 3.63) is 159 Å². The summed E-state index contributed by atoms with van der Waals surface area (Å²) < 4.78 is 101. The molecule has 118 heavy (non-hydrogen) atoms. The molecule has 8 heterocycles. The number of nitrogens with zero attached hydrogens (tertiary/aromatic N) is 8. The summed E-state index contributed by atoms with van der Waals surface area (Å²) in [4.78, 5) is 125. The normalized spacial score (nSPS) is 25.4. The van der Waals surface area contributed by atoms with Crippen molar-refractivity contribution in [3.63, 3.8) is 0 Å². The molecule has 632 valence electrons. The van der Waals surface area contributed by atoms with Gasteiger partial charge in [-0.3, -0.25) is 38.0 Å². The number of piperidine rings is 1. The molecule has 35 nitrogen and oxygen atoms in total. The number of carbonyl (C=O) groups excluding carboxylic acids is 6. The number of aromatic nitrogens is 9. The van der Waals surface area contributed by atoms with Crippen LogP contribution in [-0.2, 0) is 53.1 Å². The number of alkyl halides is 3. The Hall–Kier alpha value is -10.7. The molecular formula is C79H95F3N15O20P. The molecule has 1 spiro atoms. The number of fused-ring (bicyclic) bond motifs is 6. The number of benzene rings is 4. The minimum Gasteiger partial charge on any atom is -0.462 e. The number of ether oxygens (including phenoxy) is 5. The van der Waals surface area contributed by atoms with E-state index in [-0.39, 0.29) is 75.8 Å². The van der Waals surface area contributed by atoms with Gasteiger partial charge in [0.25, 0.3) is 17.4 Å². The van der Waals surface area contributed by atoms with Gasteiger partial charge in [0.05, 0.1) is 68.5 Å². The Labute approximate surface area is 673 Å². The van der Waals surface area contributed by atoms with Gasteiger partial charge in [0.15, 0.2) is 18.1 Å². The summed E-state index contributed by atoms with van der Waals surface area (Å²) in [5.41, 5.74) is 5.54. The van der Waals surface area contributed by atoms with Gasteiger partial charge in [0.2, 0.25) is 17.6 Å². The Morgan fingerprint density at radius 1 is 0.763 bits per heavy atom. The maximum Gasteiger partial charge on any atom is 0.459 e. The first-order chi connectivity index (χ1) is 55.9. The van der Waals surface area contributed by atoms with Gasteiger partial charge in [0.1, 0.15) is 72.4 Å². The van der Waals surface area contributed by atoms with Crippen LogP contribution in [0.15, 0.2) is 119 Å². The fourth-order valence-corrected chi connectivity index (χ4v) is 17.6. The van der Waals surface area contributed by atoms with Crippen molar-refractivity contribution in [3.8, 4) is 39.3 Å². The summed E-state index contributed by atoms with van der Waals surface area (Å²) >= 11 is 0. The van der Waals surface area contributed by atoms with Gasteiger partial charge in [-0.15, -0.1) is 5.10 Å². The van der Waals surface area contributed by atoms with Crippen molar-refractivity contribution in [2.75, 3.05) is 34.0 Å². The predicted octanol–water partition coefficient (Wildman–Crippen LogP) is 7.25. The first-order valence-corrected chi connectivity index (χ1v) is 40.2. The second kappa shape index (κ2) is 34.0. The summed E-state index contributed by atoms with van der Waals surface area (Å²) in [7, 11) is -1.76. The number of hydrogen-bond acceptors (Lipinski definition) is 24. The molecule has 4 saturated heterocycles. The van der Waals surface area contributed by atoms with Crippen LogP contribution in [0.1, 0.15) is 152 Å². The van der Waals surface area contributed by atoms with Gasteiger partial charge < -0.3 is 84.8 Å². The molecule has 0 radical (unpaired) electrons. The summed E-state index contributed by atoms with van der Waals surface area (Å²) in [5.74, 6) is -4.12. The van der Waals surface area contributed by atoms with Crippen LogP contribution in [0, 0.1) is 23.2 Å². The maximum absolute atomic E-state index is 16.7. The van der Waals surface area contributed by atoms with Gasteiger partial charge in [-0.1, -0.05) is 76.2 Å². The van der Waals surface area contributed by atoms with E-state index in [2.05, 4.69) is 35.8 Å². The van der Waals surface area contributed by atoms with Gasteiger partial charge in [-0.2, -0.15) is 13.9 Å². The molecule has 2 saturated carbocycles. The number of rotatable bonds is 23. The third kappa shape index (κ3) is 17.3. The van der Waals surface area contributed by atoms with Crippen molar-refractivity contribution < 1.29 is 99.7 Å². The Morgan fingerprint density at radius 3 is 2.02 bits per heavy atom. The molecule has 4 aromatic heterocycles. The lowest BCUT2D eigenvalue weighted by atomic mass is 9.95. The number of halogens is 3. The zero-order chi connectivity index (χ0) is 84.9. The molecule has 16 atom stereocenters. The highest BCUT2D eigenvalue weighted by molar-refractivity contribution is 7.52. The van der Waals surface area contributed by atoms with Gasteiger partial charge in [-0.05, 0) is 148 Å². The van der Waals surface area contributed by atoms with E-state index in [0.717, 1.165) is 84.4 Å². The molecule has 3 aliphatic carbocycles. The average Bonchev–Trinajstić information content (AvgIpc) is 1.58. The Bertz CT molecular complexity index is 5250. The molecule has 15 rings (SSSR count). The lowest BCUT2D eigenvalue weighted by Gasteiger charge is -2.37. The third-order valence-electron chi connectivity index (χ3n) is 22.5. The minimum absolute atomic E-state index is 0.0102. The largest absolute Gasteiger partial charge is 0.462 e. The molecule has 5 amide bonds. The predicted molar refractivity (Wildman–Crippen MR) is 414 cm³/mol. The van der Waals surface area contributed by atoms with Crippen LogP contribution < -0.4 is 37.2 Å². The van der Waals surface area contributed by atoms with E-state index < -0.39 is 135 Å². The monoisotopic (exact) mass is 1660 g/mol. The lowest BCUT2D eigenvalue weighted by Crippen LogP contribution is -2.54. The number of para-hydroxylation sites is 1. The van der Waals surface area contributed by atoms with Crippen LogP contribution in [-0.4, -0.2) is 211 Å². The van der Waals surface area contributed by atoms with Gasteiger partial charge in [-0.25, -0.2) is 43.0 Å². The summed E-state index contributed by atoms with van der Waals surface area (Å²) in [6.07, 6.45) is -1.72. The van der Waals surface area contributed by atoms with Crippen LogP contribution in [0.5, 0.6) is 5.75 Å². The number of imidazole rings is 2. The number of aliphatic hydroxyl groups is 4. The SMILES string of the molecule is CC(C)OC(=O)[C@H](C)N[P@](=O)(OC[C@H]1O[C@@H](n2ccc(=O)[nH]c2=O)[C@](C)(F)[C@@H]1O)Oc1ccccc1.COC(=O)N[C@H](C(=O)N1CC2(CC2)C[C@H]1c1ncc(-c2ccc3c(c2)C(F)(F)c2cc(-c4ccc5nc([C@@H]6[C@H]7CC[C@H](C7)N6C(=O)[C@@H](NC(=O)OC)C(C)C)[nH]c5c4)ccc2-3)[nH]1)C(C)C.NC(=O)c1ncn([C@@H]2O[C@H](CO)[C@@H](O)[C@H]2O)n1. The van der Waals surface area contributed by atoms with E-state index >= 15 is 13.2 Å². The van der Waals surface area contributed by atoms with Crippen molar-refractivity contribution in [1.29, 1.82) is 0 Å². The van der Waals surface area contributed by atoms with Crippen molar-refractivity contribution in [2.45, 2.75) is 191 Å². The molecule has 2 bridgehead atoms.